The number of halogens is 1. The Morgan fingerprint density at radius 3 is 2.72 bits per heavy atom. The Balaban J connectivity index is 2.14. The highest BCUT2D eigenvalue weighted by Gasteiger charge is 2.11. The second-order valence-electron chi connectivity index (χ2n) is 3.33. The maximum Gasteiger partial charge on any atom is 0.273 e. The van der Waals surface area contributed by atoms with E-state index in [0.717, 1.165) is 0 Å². The van der Waals surface area contributed by atoms with Crippen LogP contribution in [0.4, 0.5) is 5.69 Å². The molecular formula is C11H8ClN3O3. The van der Waals surface area contributed by atoms with Gasteiger partial charge in [-0.1, -0.05) is 11.6 Å². The van der Waals surface area contributed by atoms with Crippen LogP contribution in [0.2, 0.25) is 5.02 Å². The van der Waals surface area contributed by atoms with E-state index in [1.54, 1.807) is 18.5 Å². The van der Waals surface area contributed by atoms with E-state index >= 15 is 0 Å². The Kier molecular flexibility index (Phi) is 3.69. The van der Waals surface area contributed by atoms with E-state index in [4.69, 9.17) is 16.3 Å². The minimum absolute atomic E-state index is 0.0802. The number of benzene rings is 1. The summed E-state index contributed by atoms with van der Waals surface area (Å²) in [6.07, 6.45) is 3.17. The molecule has 0 unspecified atom stereocenters. The molecule has 0 radical (unpaired) electrons. The fraction of sp³-hybridized carbons (Fsp3) is 0.0909. The molecule has 0 aliphatic rings. The van der Waals surface area contributed by atoms with Crippen molar-refractivity contribution in [3.63, 3.8) is 0 Å². The van der Waals surface area contributed by atoms with Gasteiger partial charge < -0.3 is 4.74 Å². The average molecular weight is 266 g/mol. The second-order valence-corrected chi connectivity index (χ2v) is 3.73. The number of hydrogen-bond donors (Lipinski definition) is 0. The minimum Gasteiger partial charge on any atom is -0.484 e. The third kappa shape index (κ3) is 2.92. The molecule has 1 aromatic heterocycles. The first-order valence-corrected chi connectivity index (χ1v) is 5.37. The van der Waals surface area contributed by atoms with Crippen molar-refractivity contribution in [2.45, 2.75) is 6.61 Å². The van der Waals surface area contributed by atoms with Crippen molar-refractivity contribution in [2.24, 2.45) is 0 Å². The number of non-ortho nitro benzene ring substituents is 1. The fourth-order valence-corrected chi connectivity index (χ4v) is 1.44. The summed E-state index contributed by atoms with van der Waals surface area (Å²) in [7, 11) is 0. The maximum atomic E-state index is 10.6. The number of nitro groups is 1. The minimum atomic E-state index is -0.512. The summed E-state index contributed by atoms with van der Waals surface area (Å²) in [5.41, 5.74) is -0.0802. The van der Waals surface area contributed by atoms with Gasteiger partial charge >= 0.3 is 0 Å². The van der Waals surface area contributed by atoms with Crippen LogP contribution in [0.5, 0.6) is 5.75 Å². The first kappa shape index (κ1) is 12.3. The highest BCUT2D eigenvalue weighted by atomic mass is 35.5. The lowest BCUT2D eigenvalue weighted by molar-refractivity contribution is -0.384. The molecule has 1 aromatic carbocycles. The number of nitro benzene ring substituents is 1. The van der Waals surface area contributed by atoms with Crippen molar-refractivity contribution in [3.8, 4) is 5.75 Å². The predicted molar refractivity (Wildman–Crippen MR) is 64.5 cm³/mol. The molecule has 0 atom stereocenters. The van der Waals surface area contributed by atoms with Gasteiger partial charge in [0.05, 0.1) is 16.0 Å². The van der Waals surface area contributed by atoms with Crippen molar-refractivity contribution in [3.05, 3.63) is 57.6 Å². The first-order chi connectivity index (χ1) is 8.66. The molecule has 0 saturated carbocycles. The summed E-state index contributed by atoms with van der Waals surface area (Å²) >= 11 is 5.88. The van der Waals surface area contributed by atoms with Gasteiger partial charge in [0.15, 0.2) is 5.82 Å². The Bertz CT molecular complexity index is 563. The normalized spacial score (nSPS) is 10.1. The first-order valence-electron chi connectivity index (χ1n) is 4.99. The molecule has 92 valence electrons. The Labute approximate surface area is 107 Å². The molecule has 18 heavy (non-hydrogen) atoms. The van der Waals surface area contributed by atoms with Crippen molar-refractivity contribution in [1.29, 1.82) is 0 Å². The van der Waals surface area contributed by atoms with Gasteiger partial charge in [-0.25, -0.2) is 9.97 Å². The number of nitrogens with zero attached hydrogens (tertiary/aromatic N) is 3. The third-order valence-corrected chi connectivity index (χ3v) is 2.41. The molecule has 1 heterocycles. The van der Waals surface area contributed by atoms with Gasteiger partial charge in [0, 0.05) is 18.5 Å². The Hall–Kier alpha value is -2.21. The topological polar surface area (TPSA) is 78.2 Å². The molecule has 0 saturated heterocycles. The number of rotatable bonds is 4. The largest absolute Gasteiger partial charge is 0.484 e. The summed E-state index contributed by atoms with van der Waals surface area (Å²) < 4.78 is 5.35. The van der Waals surface area contributed by atoms with Gasteiger partial charge in [-0.05, 0) is 12.1 Å². The van der Waals surface area contributed by atoms with Crippen LogP contribution in [0.1, 0.15) is 5.82 Å². The van der Waals surface area contributed by atoms with Crippen molar-refractivity contribution < 1.29 is 9.66 Å². The monoisotopic (exact) mass is 265 g/mol. The smallest absolute Gasteiger partial charge is 0.273 e. The van der Waals surface area contributed by atoms with Crippen LogP contribution in [0, 0.1) is 10.1 Å². The summed E-state index contributed by atoms with van der Waals surface area (Å²) in [5, 5.41) is 10.9. The third-order valence-electron chi connectivity index (χ3n) is 2.10. The molecule has 7 heteroatoms. The number of aromatic nitrogens is 2. The van der Waals surface area contributed by atoms with Gasteiger partial charge in [-0.3, -0.25) is 10.1 Å². The SMILES string of the molecule is O=[N+]([O-])c1ccc(Cl)c(OCc2ncccn2)c1. The van der Waals surface area contributed by atoms with Crippen LogP contribution in [0.3, 0.4) is 0 Å². The lowest BCUT2D eigenvalue weighted by atomic mass is 10.3. The van der Waals surface area contributed by atoms with Crippen LogP contribution in [-0.2, 0) is 6.61 Å². The Morgan fingerprint density at radius 1 is 1.33 bits per heavy atom. The van der Waals surface area contributed by atoms with Gasteiger partial charge in [0.2, 0.25) is 0 Å². The van der Waals surface area contributed by atoms with E-state index in [1.807, 2.05) is 0 Å². The van der Waals surface area contributed by atoms with E-state index in [2.05, 4.69) is 9.97 Å². The molecule has 0 fully saturated rings. The average Bonchev–Trinajstić information content (AvgIpc) is 2.38. The lowest BCUT2D eigenvalue weighted by Gasteiger charge is -2.06. The van der Waals surface area contributed by atoms with Crippen molar-refractivity contribution in [1.82, 2.24) is 9.97 Å². The Morgan fingerprint density at radius 2 is 2.06 bits per heavy atom. The molecule has 0 aliphatic carbocycles. The van der Waals surface area contributed by atoms with E-state index in [0.29, 0.717) is 10.8 Å². The zero-order valence-electron chi connectivity index (χ0n) is 9.12. The van der Waals surface area contributed by atoms with Gasteiger partial charge in [-0.2, -0.15) is 0 Å². The van der Waals surface area contributed by atoms with Gasteiger partial charge in [0.25, 0.3) is 5.69 Å². The van der Waals surface area contributed by atoms with Gasteiger partial charge in [-0.15, -0.1) is 0 Å². The molecule has 0 spiro atoms. The van der Waals surface area contributed by atoms with Crippen LogP contribution in [0.15, 0.2) is 36.7 Å². The maximum absolute atomic E-state index is 10.6. The zero-order chi connectivity index (χ0) is 13.0. The number of hydrogen-bond acceptors (Lipinski definition) is 5. The fourth-order valence-electron chi connectivity index (χ4n) is 1.26. The lowest BCUT2D eigenvalue weighted by Crippen LogP contribution is -2.01. The quantitative estimate of drug-likeness (QED) is 0.627. The molecule has 6 nitrogen and oxygen atoms in total. The van der Waals surface area contributed by atoms with Crippen molar-refractivity contribution in [2.75, 3.05) is 0 Å². The predicted octanol–water partition coefficient (Wildman–Crippen LogP) is 2.62. The molecular weight excluding hydrogens is 258 g/mol. The zero-order valence-corrected chi connectivity index (χ0v) is 9.87. The molecule has 0 N–H and O–H groups in total. The van der Waals surface area contributed by atoms with Crippen LogP contribution >= 0.6 is 11.6 Å². The van der Waals surface area contributed by atoms with Gasteiger partial charge in [0.1, 0.15) is 12.4 Å². The molecule has 0 aliphatic heterocycles. The summed E-state index contributed by atoms with van der Waals surface area (Å²) in [4.78, 5) is 18.0. The van der Waals surface area contributed by atoms with Crippen LogP contribution in [0.25, 0.3) is 0 Å². The van der Waals surface area contributed by atoms with Crippen molar-refractivity contribution >= 4 is 17.3 Å². The van der Waals surface area contributed by atoms with E-state index in [9.17, 15) is 10.1 Å². The van der Waals surface area contributed by atoms with E-state index < -0.39 is 4.92 Å². The highest BCUT2D eigenvalue weighted by molar-refractivity contribution is 6.32. The molecule has 0 bridgehead atoms. The standard InChI is InChI=1S/C11H8ClN3O3/c12-9-3-2-8(15(16)17)6-10(9)18-7-11-13-4-1-5-14-11/h1-6H,7H2. The van der Waals surface area contributed by atoms with E-state index in [1.165, 1.54) is 18.2 Å². The molecule has 2 aromatic rings. The molecule has 0 amide bonds. The summed E-state index contributed by atoms with van der Waals surface area (Å²) in [6, 6.07) is 5.68. The van der Waals surface area contributed by atoms with E-state index in [-0.39, 0.29) is 18.0 Å². The summed E-state index contributed by atoms with van der Waals surface area (Å²) in [5.74, 6) is 0.707. The second kappa shape index (κ2) is 5.42. The molecule has 2 rings (SSSR count). The summed E-state index contributed by atoms with van der Waals surface area (Å²) in [6.45, 7) is 0.0989. The number of ether oxygens (including phenoxy) is 1. The van der Waals surface area contributed by atoms with Crippen LogP contribution in [-0.4, -0.2) is 14.9 Å². The highest BCUT2D eigenvalue weighted by Crippen LogP contribution is 2.29. The van der Waals surface area contributed by atoms with Crippen LogP contribution < -0.4 is 4.74 Å².